The summed E-state index contributed by atoms with van der Waals surface area (Å²) in [6.07, 6.45) is 4.57. The van der Waals surface area contributed by atoms with E-state index in [-0.39, 0.29) is 29.0 Å². The number of carbonyl (C=O) groups excluding carboxylic acids is 1. The summed E-state index contributed by atoms with van der Waals surface area (Å²) in [4.78, 5) is 23.2. The van der Waals surface area contributed by atoms with Gasteiger partial charge in [-0.2, -0.15) is 0 Å². The molecule has 0 radical (unpaired) electrons. The first-order valence-electron chi connectivity index (χ1n) is 7.76. The van der Waals surface area contributed by atoms with Crippen LogP contribution in [-0.4, -0.2) is 37.3 Å². The van der Waals surface area contributed by atoms with Crippen LogP contribution < -0.4 is 0 Å². The lowest BCUT2D eigenvalue weighted by atomic mass is 9.83. The molecular formula is C15H27NO5. The van der Waals surface area contributed by atoms with Crippen molar-refractivity contribution in [3.8, 4) is 0 Å². The minimum atomic E-state index is -0.770. The van der Waals surface area contributed by atoms with E-state index in [1.807, 2.05) is 0 Å². The van der Waals surface area contributed by atoms with Crippen LogP contribution in [0.3, 0.4) is 0 Å². The summed E-state index contributed by atoms with van der Waals surface area (Å²) >= 11 is 0. The monoisotopic (exact) mass is 301 g/mol. The van der Waals surface area contributed by atoms with Gasteiger partial charge in [0.05, 0.1) is 6.42 Å². The van der Waals surface area contributed by atoms with Crippen LogP contribution in [-0.2, 0) is 14.3 Å². The van der Waals surface area contributed by atoms with E-state index in [4.69, 9.17) is 9.47 Å². The van der Waals surface area contributed by atoms with Crippen molar-refractivity contribution < 1.29 is 19.2 Å². The summed E-state index contributed by atoms with van der Waals surface area (Å²) in [6.45, 7) is 2.11. The number of methoxy groups -OCH3 is 2. The fourth-order valence-corrected chi connectivity index (χ4v) is 3.29. The van der Waals surface area contributed by atoms with E-state index in [2.05, 4.69) is 6.92 Å². The van der Waals surface area contributed by atoms with Gasteiger partial charge >= 0.3 is 0 Å². The predicted molar refractivity (Wildman–Crippen MR) is 78.6 cm³/mol. The lowest BCUT2D eigenvalue weighted by molar-refractivity contribution is -0.538. The summed E-state index contributed by atoms with van der Waals surface area (Å²) in [7, 11) is 2.95. The molecule has 0 amide bonds. The Balaban J connectivity index is 2.74. The van der Waals surface area contributed by atoms with Gasteiger partial charge < -0.3 is 9.47 Å². The third kappa shape index (κ3) is 5.04. The van der Waals surface area contributed by atoms with Gasteiger partial charge in [-0.15, -0.1) is 0 Å². The molecule has 3 unspecified atom stereocenters. The van der Waals surface area contributed by atoms with Crippen molar-refractivity contribution in [2.75, 3.05) is 14.2 Å². The molecule has 0 spiro atoms. The minimum Gasteiger partial charge on any atom is -0.356 e. The van der Waals surface area contributed by atoms with E-state index in [1.54, 1.807) is 0 Å². The third-order valence-electron chi connectivity index (χ3n) is 4.50. The quantitative estimate of drug-likeness (QED) is 0.268. The van der Waals surface area contributed by atoms with Gasteiger partial charge in [-0.05, 0) is 12.8 Å². The number of Topliss-reactive ketones (excluding diaryl/α,β-unsaturated/α-hetero) is 1. The molecule has 6 heteroatoms. The Bertz CT molecular complexity index is 343. The Morgan fingerprint density at radius 3 is 2.52 bits per heavy atom. The molecule has 122 valence electrons. The van der Waals surface area contributed by atoms with Crippen LogP contribution in [0.5, 0.6) is 0 Å². The van der Waals surface area contributed by atoms with Crippen LogP contribution in [0.1, 0.15) is 51.9 Å². The number of ether oxygens (including phenoxy) is 2. The van der Waals surface area contributed by atoms with Gasteiger partial charge in [0.15, 0.2) is 6.29 Å². The van der Waals surface area contributed by atoms with Crippen LogP contribution >= 0.6 is 0 Å². The zero-order valence-electron chi connectivity index (χ0n) is 13.2. The van der Waals surface area contributed by atoms with Gasteiger partial charge in [0.2, 0.25) is 6.04 Å². The molecule has 1 saturated carbocycles. The topological polar surface area (TPSA) is 78.7 Å². The van der Waals surface area contributed by atoms with Crippen molar-refractivity contribution in [1.29, 1.82) is 0 Å². The predicted octanol–water partition coefficient (Wildman–Crippen LogP) is 2.82. The maximum atomic E-state index is 12.0. The lowest BCUT2D eigenvalue weighted by Gasteiger charge is -2.24. The molecule has 0 bridgehead atoms. The molecule has 1 rings (SSSR count). The smallest absolute Gasteiger partial charge is 0.221 e. The molecule has 0 aliphatic heterocycles. The molecule has 6 nitrogen and oxygen atoms in total. The number of hydrogen-bond donors (Lipinski definition) is 0. The maximum absolute atomic E-state index is 12.0. The Hall–Kier alpha value is -1.01. The summed E-state index contributed by atoms with van der Waals surface area (Å²) in [5.41, 5.74) is 0. The zero-order chi connectivity index (χ0) is 15.8. The van der Waals surface area contributed by atoms with E-state index in [1.165, 1.54) is 14.2 Å². The maximum Gasteiger partial charge on any atom is 0.221 e. The first-order valence-corrected chi connectivity index (χ1v) is 7.76. The van der Waals surface area contributed by atoms with E-state index in [0.717, 1.165) is 25.7 Å². The van der Waals surface area contributed by atoms with Gasteiger partial charge in [0.1, 0.15) is 5.78 Å². The second-order valence-corrected chi connectivity index (χ2v) is 5.76. The fourth-order valence-electron chi connectivity index (χ4n) is 3.29. The van der Waals surface area contributed by atoms with Gasteiger partial charge in [0.25, 0.3) is 0 Å². The standard InChI is InChI=1S/C15H27NO5/c1-4-5-6-7-12-11(8-9-14(12)17)13(16(18)19)10-15(20-2)21-3/h11-13,15H,4-10H2,1-3H3. The Morgan fingerprint density at radius 2 is 2.00 bits per heavy atom. The van der Waals surface area contributed by atoms with Gasteiger partial charge in [-0.1, -0.05) is 26.2 Å². The molecule has 1 fully saturated rings. The van der Waals surface area contributed by atoms with Crippen LogP contribution in [0, 0.1) is 22.0 Å². The van der Waals surface area contributed by atoms with Crippen molar-refractivity contribution in [2.45, 2.75) is 64.2 Å². The van der Waals surface area contributed by atoms with Crippen molar-refractivity contribution in [1.82, 2.24) is 0 Å². The normalized spacial score (nSPS) is 23.7. The van der Waals surface area contributed by atoms with Crippen LogP contribution in [0.4, 0.5) is 0 Å². The number of rotatable bonds is 10. The summed E-state index contributed by atoms with van der Waals surface area (Å²) in [5.74, 6) is -0.159. The van der Waals surface area contributed by atoms with Crippen LogP contribution in [0.2, 0.25) is 0 Å². The van der Waals surface area contributed by atoms with E-state index in [9.17, 15) is 14.9 Å². The Labute approximate surface area is 126 Å². The number of unbranched alkanes of at least 4 members (excludes halogenated alkanes) is 2. The highest BCUT2D eigenvalue weighted by molar-refractivity contribution is 5.83. The molecule has 1 aliphatic rings. The third-order valence-corrected chi connectivity index (χ3v) is 4.50. The van der Waals surface area contributed by atoms with Gasteiger partial charge in [-0.3, -0.25) is 14.9 Å². The summed E-state index contributed by atoms with van der Waals surface area (Å²) < 4.78 is 10.2. The molecule has 0 aromatic rings. The molecule has 3 atom stereocenters. The molecule has 0 aromatic heterocycles. The SMILES string of the molecule is CCCCCC1C(=O)CCC1C(CC(OC)OC)[N+](=O)[O-]. The fraction of sp³-hybridized carbons (Fsp3) is 0.933. The molecule has 21 heavy (non-hydrogen) atoms. The molecule has 1 aliphatic carbocycles. The Kier molecular flexibility index (Phi) is 7.82. The number of hydrogen-bond acceptors (Lipinski definition) is 5. The van der Waals surface area contributed by atoms with Crippen molar-refractivity contribution >= 4 is 5.78 Å². The zero-order valence-corrected chi connectivity index (χ0v) is 13.2. The average molecular weight is 301 g/mol. The molecular weight excluding hydrogens is 274 g/mol. The van der Waals surface area contributed by atoms with Crippen LogP contribution in [0.25, 0.3) is 0 Å². The van der Waals surface area contributed by atoms with E-state index in [0.29, 0.717) is 12.8 Å². The molecule has 0 saturated heterocycles. The molecule has 0 N–H and O–H groups in total. The van der Waals surface area contributed by atoms with E-state index >= 15 is 0 Å². The number of carbonyl (C=O) groups is 1. The second-order valence-electron chi connectivity index (χ2n) is 5.76. The minimum absolute atomic E-state index is 0.165. The van der Waals surface area contributed by atoms with Crippen LogP contribution in [0.15, 0.2) is 0 Å². The Morgan fingerprint density at radius 1 is 1.33 bits per heavy atom. The number of nitro groups is 1. The second kappa shape index (κ2) is 9.10. The number of nitrogens with zero attached hydrogens (tertiary/aromatic N) is 1. The molecule has 0 heterocycles. The molecule has 0 aromatic carbocycles. The van der Waals surface area contributed by atoms with E-state index < -0.39 is 12.3 Å². The van der Waals surface area contributed by atoms with Crippen molar-refractivity contribution in [3.05, 3.63) is 10.1 Å². The first-order chi connectivity index (χ1) is 10.0. The van der Waals surface area contributed by atoms with Crippen molar-refractivity contribution in [3.63, 3.8) is 0 Å². The highest BCUT2D eigenvalue weighted by Crippen LogP contribution is 2.37. The summed E-state index contributed by atoms with van der Waals surface area (Å²) in [6, 6.07) is -0.770. The van der Waals surface area contributed by atoms with Crippen molar-refractivity contribution in [2.24, 2.45) is 11.8 Å². The van der Waals surface area contributed by atoms with Gasteiger partial charge in [-0.25, -0.2) is 0 Å². The van der Waals surface area contributed by atoms with Gasteiger partial charge in [0, 0.05) is 37.4 Å². The summed E-state index contributed by atoms with van der Waals surface area (Å²) in [5, 5.41) is 11.4. The highest BCUT2D eigenvalue weighted by atomic mass is 16.7. The highest BCUT2D eigenvalue weighted by Gasteiger charge is 2.45. The average Bonchev–Trinajstić information content (AvgIpc) is 2.82. The number of ketones is 1. The largest absolute Gasteiger partial charge is 0.356 e. The first kappa shape index (κ1) is 18.0. The lowest BCUT2D eigenvalue weighted by Crippen LogP contribution is -2.37.